The molecule has 2 rings (SSSR count). The molecule has 2 nitrogen and oxygen atoms in total. The third-order valence-electron chi connectivity index (χ3n) is 2.46. The molecule has 2 N–H and O–H groups in total. The molecule has 0 saturated heterocycles. The summed E-state index contributed by atoms with van der Waals surface area (Å²) in [5.41, 5.74) is 8.15. The van der Waals surface area contributed by atoms with Crippen LogP contribution in [0.3, 0.4) is 0 Å². The normalized spacial score (nSPS) is 12.7. The van der Waals surface area contributed by atoms with Crippen molar-refractivity contribution >= 4 is 11.6 Å². The Morgan fingerprint density at radius 2 is 1.87 bits per heavy atom. The van der Waals surface area contributed by atoms with Gasteiger partial charge in [0.25, 0.3) is 0 Å². The van der Waals surface area contributed by atoms with E-state index in [9.17, 15) is 0 Å². The Bertz CT molecular complexity index is 447. The molecule has 0 aliphatic carbocycles. The highest BCUT2D eigenvalue weighted by molar-refractivity contribution is 6.30. The fourth-order valence-corrected chi connectivity index (χ4v) is 1.69. The molecule has 2 aromatic rings. The SMILES string of the molecule is Cc1occc1C(N)c1ccc(Cl)cc1. The van der Waals surface area contributed by atoms with Crippen molar-refractivity contribution in [2.45, 2.75) is 13.0 Å². The second kappa shape index (κ2) is 4.09. The van der Waals surface area contributed by atoms with Gasteiger partial charge in [0.2, 0.25) is 0 Å². The Kier molecular flexibility index (Phi) is 2.80. The first kappa shape index (κ1) is 10.3. The third kappa shape index (κ3) is 2.06. The molecule has 0 spiro atoms. The summed E-state index contributed by atoms with van der Waals surface area (Å²) in [4.78, 5) is 0. The lowest BCUT2D eigenvalue weighted by molar-refractivity contribution is 0.527. The molecule has 1 aromatic heterocycles. The molecule has 0 saturated carbocycles. The zero-order valence-corrected chi connectivity index (χ0v) is 9.16. The second-order valence-corrected chi connectivity index (χ2v) is 3.90. The molecule has 1 heterocycles. The second-order valence-electron chi connectivity index (χ2n) is 3.46. The first-order valence-corrected chi connectivity index (χ1v) is 5.11. The molecular weight excluding hydrogens is 210 g/mol. The van der Waals surface area contributed by atoms with E-state index >= 15 is 0 Å². The maximum atomic E-state index is 6.11. The molecule has 1 aromatic carbocycles. The quantitative estimate of drug-likeness (QED) is 0.845. The maximum Gasteiger partial charge on any atom is 0.105 e. The molecule has 1 unspecified atom stereocenters. The number of furan rings is 1. The van der Waals surface area contributed by atoms with Gasteiger partial charge in [-0.2, -0.15) is 0 Å². The number of hydrogen-bond acceptors (Lipinski definition) is 2. The Balaban J connectivity index is 2.32. The van der Waals surface area contributed by atoms with E-state index < -0.39 is 0 Å². The summed E-state index contributed by atoms with van der Waals surface area (Å²) in [7, 11) is 0. The van der Waals surface area contributed by atoms with Crippen molar-refractivity contribution in [3.05, 3.63) is 58.5 Å². The van der Waals surface area contributed by atoms with E-state index in [2.05, 4.69) is 0 Å². The lowest BCUT2D eigenvalue weighted by Gasteiger charge is -2.10. The van der Waals surface area contributed by atoms with Crippen molar-refractivity contribution in [3.63, 3.8) is 0 Å². The van der Waals surface area contributed by atoms with Crippen LogP contribution in [0.2, 0.25) is 5.02 Å². The molecule has 0 bridgehead atoms. The van der Waals surface area contributed by atoms with Gasteiger partial charge in [0.05, 0.1) is 12.3 Å². The molecular formula is C12H12ClNO. The van der Waals surface area contributed by atoms with Gasteiger partial charge in [0, 0.05) is 10.6 Å². The molecule has 3 heteroatoms. The van der Waals surface area contributed by atoms with Gasteiger partial charge in [-0.15, -0.1) is 0 Å². The lowest BCUT2D eigenvalue weighted by Crippen LogP contribution is -2.11. The molecule has 0 amide bonds. The van der Waals surface area contributed by atoms with Crippen LogP contribution < -0.4 is 5.73 Å². The van der Waals surface area contributed by atoms with E-state index in [1.54, 1.807) is 6.26 Å². The van der Waals surface area contributed by atoms with E-state index in [0.29, 0.717) is 0 Å². The molecule has 0 fully saturated rings. The number of aryl methyl sites for hydroxylation is 1. The maximum absolute atomic E-state index is 6.11. The predicted octanol–water partition coefficient (Wildman–Crippen LogP) is 3.29. The van der Waals surface area contributed by atoms with Gasteiger partial charge in [0.15, 0.2) is 0 Å². The highest BCUT2D eigenvalue weighted by atomic mass is 35.5. The number of benzene rings is 1. The Labute approximate surface area is 93.7 Å². The number of rotatable bonds is 2. The van der Waals surface area contributed by atoms with E-state index in [0.717, 1.165) is 21.9 Å². The van der Waals surface area contributed by atoms with E-state index in [1.807, 2.05) is 37.3 Å². The van der Waals surface area contributed by atoms with Gasteiger partial charge in [-0.25, -0.2) is 0 Å². The summed E-state index contributed by atoms with van der Waals surface area (Å²) in [5.74, 6) is 0.859. The first-order chi connectivity index (χ1) is 7.18. The van der Waals surface area contributed by atoms with Gasteiger partial charge >= 0.3 is 0 Å². The highest BCUT2D eigenvalue weighted by Crippen LogP contribution is 2.24. The zero-order chi connectivity index (χ0) is 10.8. The molecule has 0 radical (unpaired) electrons. The first-order valence-electron chi connectivity index (χ1n) is 4.73. The summed E-state index contributed by atoms with van der Waals surface area (Å²) in [6.45, 7) is 1.91. The molecule has 1 atom stereocenters. The Morgan fingerprint density at radius 1 is 1.20 bits per heavy atom. The van der Waals surface area contributed by atoms with Crippen LogP contribution in [0.15, 0.2) is 41.0 Å². The van der Waals surface area contributed by atoms with Crippen LogP contribution in [0.5, 0.6) is 0 Å². The fourth-order valence-electron chi connectivity index (χ4n) is 1.57. The molecule has 0 aliphatic rings. The molecule has 78 valence electrons. The van der Waals surface area contributed by atoms with Crippen molar-refractivity contribution in [2.24, 2.45) is 5.73 Å². The van der Waals surface area contributed by atoms with Crippen LogP contribution >= 0.6 is 11.6 Å². The fraction of sp³-hybridized carbons (Fsp3) is 0.167. The number of nitrogens with two attached hydrogens (primary N) is 1. The molecule has 0 aliphatic heterocycles. The van der Waals surface area contributed by atoms with Gasteiger partial charge in [-0.05, 0) is 30.7 Å². The van der Waals surface area contributed by atoms with E-state index in [4.69, 9.17) is 21.8 Å². The molecule has 15 heavy (non-hydrogen) atoms. The average Bonchev–Trinajstić information content (AvgIpc) is 2.65. The van der Waals surface area contributed by atoms with Crippen molar-refractivity contribution in [1.29, 1.82) is 0 Å². The predicted molar refractivity (Wildman–Crippen MR) is 60.9 cm³/mol. The number of hydrogen-bond donors (Lipinski definition) is 1. The third-order valence-corrected chi connectivity index (χ3v) is 2.72. The minimum Gasteiger partial charge on any atom is -0.469 e. The van der Waals surface area contributed by atoms with Gasteiger partial charge < -0.3 is 10.2 Å². The van der Waals surface area contributed by atoms with Crippen molar-refractivity contribution < 1.29 is 4.42 Å². The minimum absolute atomic E-state index is 0.152. The standard InChI is InChI=1S/C12H12ClNO/c1-8-11(6-7-15-8)12(14)9-2-4-10(13)5-3-9/h2-7,12H,14H2,1H3. The zero-order valence-electron chi connectivity index (χ0n) is 8.41. The number of halogens is 1. The Morgan fingerprint density at radius 3 is 2.40 bits per heavy atom. The minimum atomic E-state index is -0.152. The van der Waals surface area contributed by atoms with Crippen LogP contribution in [0.1, 0.15) is 22.9 Å². The largest absolute Gasteiger partial charge is 0.469 e. The van der Waals surface area contributed by atoms with Gasteiger partial charge in [-0.1, -0.05) is 23.7 Å². The van der Waals surface area contributed by atoms with Gasteiger partial charge in [0.1, 0.15) is 5.76 Å². The Hall–Kier alpha value is -1.25. The highest BCUT2D eigenvalue weighted by Gasteiger charge is 2.12. The average molecular weight is 222 g/mol. The monoisotopic (exact) mass is 221 g/mol. The van der Waals surface area contributed by atoms with Crippen LogP contribution in [-0.4, -0.2) is 0 Å². The van der Waals surface area contributed by atoms with E-state index in [-0.39, 0.29) is 6.04 Å². The van der Waals surface area contributed by atoms with Gasteiger partial charge in [-0.3, -0.25) is 0 Å². The summed E-state index contributed by atoms with van der Waals surface area (Å²) in [5, 5.41) is 0.717. The van der Waals surface area contributed by atoms with Crippen LogP contribution in [-0.2, 0) is 0 Å². The van der Waals surface area contributed by atoms with E-state index in [1.165, 1.54) is 0 Å². The summed E-state index contributed by atoms with van der Waals surface area (Å²) >= 11 is 5.81. The van der Waals surface area contributed by atoms with Crippen LogP contribution in [0.25, 0.3) is 0 Å². The van der Waals surface area contributed by atoms with Crippen molar-refractivity contribution in [1.82, 2.24) is 0 Å². The van der Waals surface area contributed by atoms with Crippen LogP contribution in [0, 0.1) is 6.92 Å². The topological polar surface area (TPSA) is 39.2 Å². The summed E-state index contributed by atoms with van der Waals surface area (Å²) in [6, 6.07) is 9.28. The lowest BCUT2D eigenvalue weighted by atomic mass is 10.0. The smallest absolute Gasteiger partial charge is 0.105 e. The van der Waals surface area contributed by atoms with Crippen LogP contribution in [0.4, 0.5) is 0 Å². The summed E-state index contributed by atoms with van der Waals surface area (Å²) < 4.78 is 5.22. The van der Waals surface area contributed by atoms with Crippen molar-refractivity contribution in [2.75, 3.05) is 0 Å². The summed E-state index contributed by atoms with van der Waals surface area (Å²) in [6.07, 6.45) is 1.65. The van der Waals surface area contributed by atoms with Crippen molar-refractivity contribution in [3.8, 4) is 0 Å².